The van der Waals surface area contributed by atoms with Crippen LogP contribution in [0.1, 0.15) is 26.1 Å². The van der Waals surface area contributed by atoms with Crippen LogP contribution < -0.4 is 10.1 Å². The smallest absolute Gasteiger partial charge is 0.121 e. The molecule has 0 aliphatic rings. The molecule has 1 unspecified atom stereocenters. The Hall–Kier alpha value is -1.97. The van der Waals surface area contributed by atoms with E-state index >= 15 is 0 Å². The van der Waals surface area contributed by atoms with Gasteiger partial charge in [0.05, 0.1) is 6.10 Å². The summed E-state index contributed by atoms with van der Waals surface area (Å²) >= 11 is 0. The van der Waals surface area contributed by atoms with E-state index in [4.69, 9.17) is 4.74 Å². The summed E-state index contributed by atoms with van der Waals surface area (Å²) in [6.07, 6.45) is 5.96. The molecular formula is C16H23N3O. The van der Waals surface area contributed by atoms with Crippen LogP contribution in [0.4, 0.5) is 5.69 Å². The van der Waals surface area contributed by atoms with Crippen molar-refractivity contribution in [1.82, 2.24) is 9.55 Å². The highest BCUT2D eigenvalue weighted by molar-refractivity contribution is 5.48. The molecule has 1 aromatic heterocycles. The van der Waals surface area contributed by atoms with Crippen LogP contribution in [-0.4, -0.2) is 22.2 Å². The molecule has 1 N–H and O–H groups in total. The molecule has 1 atom stereocenters. The number of aromatic nitrogens is 2. The maximum atomic E-state index is 5.82. The summed E-state index contributed by atoms with van der Waals surface area (Å²) in [5, 5.41) is 3.41. The van der Waals surface area contributed by atoms with Crippen molar-refractivity contribution in [2.75, 3.05) is 11.9 Å². The third-order valence-electron chi connectivity index (χ3n) is 3.34. The number of hydrogen-bond donors (Lipinski definition) is 1. The number of imidazole rings is 1. The normalized spacial score (nSPS) is 12.2. The Kier molecular flexibility index (Phi) is 5.04. The zero-order chi connectivity index (χ0) is 14.4. The Morgan fingerprint density at radius 2 is 2.25 bits per heavy atom. The fourth-order valence-corrected chi connectivity index (χ4v) is 1.95. The second-order valence-electron chi connectivity index (χ2n) is 5.00. The monoisotopic (exact) mass is 273 g/mol. The van der Waals surface area contributed by atoms with Crippen LogP contribution in [0.25, 0.3) is 0 Å². The lowest BCUT2D eigenvalue weighted by Crippen LogP contribution is -2.11. The number of nitrogens with one attached hydrogen (secondary N) is 1. The minimum absolute atomic E-state index is 0.248. The lowest BCUT2D eigenvalue weighted by atomic mass is 10.2. The van der Waals surface area contributed by atoms with Crippen LogP contribution in [0.15, 0.2) is 36.7 Å². The lowest BCUT2D eigenvalue weighted by Gasteiger charge is -2.14. The molecule has 0 aliphatic carbocycles. The predicted octanol–water partition coefficient (Wildman–Crippen LogP) is 3.25. The van der Waals surface area contributed by atoms with Gasteiger partial charge in [0.15, 0.2) is 0 Å². The van der Waals surface area contributed by atoms with Gasteiger partial charge in [-0.3, -0.25) is 0 Å². The maximum absolute atomic E-state index is 5.82. The van der Waals surface area contributed by atoms with Crippen molar-refractivity contribution >= 4 is 5.69 Å². The average Bonchev–Trinajstić information content (AvgIpc) is 2.85. The molecule has 0 aliphatic heterocycles. The van der Waals surface area contributed by atoms with Gasteiger partial charge in [-0.2, -0.15) is 0 Å². The van der Waals surface area contributed by atoms with Crippen LogP contribution in [-0.2, 0) is 13.5 Å². The van der Waals surface area contributed by atoms with E-state index in [0.717, 1.165) is 36.6 Å². The summed E-state index contributed by atoms with van der Waals surface area (Å²) in [5.74, 6) is 2.01. The third kappa shape index (κ3) is 4.02. The second-order valence-corrected chi connectivity index (χ2v) is 5.00. The number of hydrogen-bond acceptors (Lipinski definition) is 3. The molecule has 1 heterocycles. The summed E-state index contributed by atoms with van der Waals surface area (Å²) < 4.78 is 7.86. The molecule has 2 aromatic rings. The number of anilines is 1. The first-order valence-corrected chi connectivity index (χ1v) is 7.16. The van der Waals surface area contributed by atoms with E-state index in [2.05, 4.69) is 30.2 Å². The number of nitrogens with zero attached hydrogens (tertiary/aromatic N) is 2. The van der Waals surface area contributed by atoms with E-state index < -0.39 is 0 Å². The Bertz CT molecular complexity index is 536. The highest BCUT2D eigenvalue weighted by Crippen LogP contribution is 2.19. The molecule has 4 nitrogen and oxygen atoms in total. The number of aryl methyl sites for hydroxylation is 1. The van der Waals surface area contributed by atoms with Gasteiger partial charge >= 0.3 is 0 Å². The van der Waals surface area contributed by atoms with Gasteiger partial charge in [0.2, 0.25) is 0 Å². The van der Waals surface area contributed by atoms with E-state index in [1.165, 1.54) is 0 Å². The summed E-state index contributed by atoms with van der Waals surface area (Å²) in [6, 6.07) is 8.11. The van der Waals surface area contributed by atoms with E-state index in [9.17, 15) is 0 Å². The molecule has 0 radical (unpaired) electrons. The van der Waals surface area contributed by atoms with Crippen molar-refractivity contribution in [2.24, 2.45) is 7.05 Å². The van der Waals surface area contributed by atoms with Gasteiger partial charge in [-0.05, 0) is 25.5 Å². The molecule has 108 valence electrons. The highest BCUT2D eigenvalue weighted by atomic mass is 16.5. The van der Waals surface area contributed by atoms with Gasteiger partial charge < -0.3 is 14.6 Å². The first-order valence-electron chi connectivity index (χ1n) is 7.16. The third-order valence-corrected chi connectivity index (χ3v) is 3.34. The molecule has 2 rings (SSSR count). The zero-order valence-electron chi connectivity index (χ0n) is 12.5. The molecular weight excluding hydrogens is 250 g/mol. The van der Waals surface area contributed by atoms with E-state index in [1.807, 2.05) is 42.2 Å². The summed E-state index contributed by atoms with van der Waals surface area (Å²) in [6.45, 7) is 5.07. The minimum atomic E-state index is 0.248. The standard InChI is InChI=1S/C16H23N3O/c1-4-13(2)20-15-7-5-6-14(12-15)17-9-8-16-18-10-11-19(16)3/h5-7,10-13,17H,4,8-9H2,1-3H3. The Labute approximate surface area is 120 Å². The maximum Gasteiger partial charge on any atom is 0.121 e. The topological polar surface area (TPSA) is 39.1 Å². The average molecular weight is 273 g/mol. The van der Waals surface area contributed by atoms with Gasteiger partial charge in [-0.15, -0.1) is 0 Å². The van der Waals surface area contributed by atoms with Crippen molar-refractivity contribution in [3.05, 3.63) is 42.5 Å². The van der Waals surface area contributed by atoms with Gasteiger partial charge in [-0.25, -0.2) is 4.98 Å². The summed E-state index contributed by atoms with van der Waals surface area (Å²) in [7, 11) is 2.02. The lowest BCUT2D eigenvalue weighted by molar-refractivity contribution is 0.217. The molecule has 0 saturated heterocycles. The van der Waals surface area contributed by atoms with Gasteiger partial charge in [-0.1, -0.05) is 13.0 Å². The molecule has 20 heavy (non-hydrogen) atoms. The molecule has 0 fully saturated rings. The number of ether oxygens (including phenoxy) is 1. The van der Waals surface area contributed by atoms with Gasteiger partial charge in [0, 0.05) is 44.2 Å². The Balaban J connectivity index is 1.86. The van der Waals surface area contributed by atoms with Crippen molar-refractivity contribution in [3.8, 4) is 5.75 Å². The first kappa shape index (κ1) is 14.4. The summed E-state index contributed by atoms with van der Waals surface area (Å²) in [4.78, 5) is 4.31. The quantitative estimate of drug-likeness (QED) is 0.841. The molecule has 0 amide bonds. The predicted molar refractivity (Wildman–Crippen MR) is 82.2 cm³/mol. The second kappa shape index (κ2) is 6.98. The molecule has 1 aromatic carbocycles. The molecule has 0 saturated carbocycles. The van der Waals surface area contributed by atoms with Crippen LogP contribution in [0.2, 0.25) is 0 Å². The van der Waals surface area contributed by atoms with Crippen LogP contribution >= 0.6 is 0 Å². The summed E-state index contributed by atoms with van der Waals surface area (Å²) in [5.41, 5.74) is 1.08. The molecule has 0 bridgehead atoms. The van der Waals surface area contributed by atoms with Crippen LogP contribution in [0.3, 0.4) is 0 Å². The van der Waals surface area contributed by atoms with Crippen LogP contribution in [0, 0.1) is 0 Å². The SMILES string of the molecule is CCC(C)Oc1cccc(NCCc2nccn2C)c1. The highest BCUT2D eigenvalue weighted by Gasteiger charge is 2.02. The van der Waals surface area contributed by atoms with Crippen molar-refractivity contribution in [2.45, 2.75) is 32.8 Å². The Morgan fingerprint density at radius 3 is 2.95 bits per heavy atom. The van der Waals surface area contributed by atoms with Crippen molar-refractivity contribution in [1.29, 1.82) is 0 Å². The van der Waals surface area contributed by atoms with Crippen molar-refractivity contribution in [3.63, 3.8) is 0 Å². The molecule has 0 spiro atoms. The van der Waals surface area contributed by atoms with E-state index in [-0.39, 0.29) is 6.10 Å². The zero-order valence-corrected chi connectivity index (χ0v) is 12.5. The minimum Gasteiger partial charge on any atom is -0.491 e. The Morgan fingerprint density at radius 1 is 1.40 bits per heavy atom. The van der Waals surface area contributed by atoms with Gasteiger partial charge in [0.25, 0.3) is 0 Å². The number of rotatable bonds is 7. The first-order chi connectivity index (χ1) is 9.69. The molecule has 4 heteroatoms. The largest absolute Gasteiger partial charge is 0.491 e. The van der Waals surface area contributed by atoms with Crippen LogP contribution in [0.5, 0.6) is 5.75 Å². The van der Waals surface area contributed by atoms with Crippen molar-refractivity contribution < 1.29 is 4.74 Å². The van der Waals surface area contributed by atoms with Gasteiger partial charge in [0.1, 0.15) is 11.6 Å². The number of benzene rings is 1. The fourth-order valence-electron chi connectivity index (χ4n) is 1.95. The fraction of sp³-hybridized carbons (Fsp3) is 0.438. The van der Waals surface area contributed by atoms with E-state index in [0.29, 0.717) is 0 Å². The van der Waals surface area contributed by atoms with E-state index in [1.54, 1.807) is 0 Å².